The Morgan fingerprint density at radius 1 is 1.06 bits per heavy atom. The number of halogens is 2. The second-order valence-corrected chi connectivity index (χ2v) is 9.24. The van der Waals surface area contributed by atoms with E-state index in [1.165, 1.54) is 18.0 Å². The fourth-order valence-electron chi connectivity index (χ4n) is 3.85. The van der Waals surface area contributed by atoms with Gasteiger partial charge in [-0.25, -0.2) is 14.4 Å². The van der Waals surface area contributed by atoms with Gasteiger partial charge >= 0.3 is 0 Å². The van der Waals surface area contributed by atoms with Crippen LogP contribution in [0.2, 0.25) is 5.02 Å². The number of hydrogen-bond acceptors (Lipinski definition) is 6. The van der Waals surface area contributed by atoms with Gasteiger partial charge in [0.15, 0.2) is 0 Å². The van der Waals surface area contributed by atoms with Gasteiger partial charge in [0.05, 0.1) is 16.2 Å². The van der Waals surface area contributed by atoms with Gasteiger partial charge in [-0.05, 0) is 78.9 Å². The monoisotopic (exact) mass is 479 g/mol. The van der Waals surface area contributed by atoms with E-state index < -0.39 is 0 Å². The summed E-state index contributed by atoms with van der Waals surface area (Å²) in [6.45, 7) is 1.99. The van der Waals surface area contributed by atoms with Crippen LogP contribution in [0, 0.1) is 5.82 Å². The molecule has 3 N–H and O–H groups in total. The van der Waals surface area contributed by atoms with Crippen molar-refractivity contribution in [3.05, 3.63) is 77.7 Å². The lowest BCUT2D eigenvalue weighted by atomic mass is 10.0. The fourth-order valence-corrected chi connectivity index (χ4v) is 4.80. The van der Waals surface area contributed by atoms with Gasteiger partial charge in [0.2, 0.25) is 5.95 Å². The van der Waals surface area contributed by atoms with Crippen molar-refractivity contribution in [2.75, 3.05) is 23.1 Å². The molecule has 2 heterocycles. The lowest BCUT2D eigenvalue weighted by Gasteiger charge is -2.23. The Balaban J connectivity index is 1.31. The second kappa shape index (κ2) is 9.95. The van der Waals surface area contributed by atoms with Crippen molar-refractivity contribution in [2.45, 2.75) is 23.8 Å². The molecule has 1 aliphatic heterocycles. The van der Waals surface area contributed by atoms with Crippen molar-refractivity contribution >= 4 is 46.1 Å². The minimum Gasteiger partial charge on any atom is -0.350 e. The van der Waals surface area contributed by atoms with Gasteiger partial charge in [-0.1, -0.05) is 35.9 Å². The average molecular weight is 480 g/mol. The summed E-state index contributed by atoms with van der Waals surface area (Å²) < 4.78 is 17.8. The number of nitrogens with one attached hydrogen (secondary N) is 3. The molecule has 1 unspecified atom stereocenters. The second-order valence-electron chi connectivity index (χ2n) is 7.98. The van der Waals surface area contributed by atoms with Crippen molar-refractivity contribution in [3.8, 4) is 11.1 Å². The van der Waals surface area contributed by atoms with E-state index in [1.807, 2.05) is 48.7 Å². The molecule has 1 atom stereocenters. The van der Waals surface area contributed by atoms with Gasteiger partial charge in [-0.3, -0.25) is 0 Å². The largest absolute Gasteiger partial charge is 0.350 e. The van der Waals surface area contributed by atoms with E-state index in [9.17, 15) is 4.39 Å². The van der Waals surface area contributed by atoms with Crippen molar-refractivity contribution < 1.29 is 4.39 Å². The van der Waals surface area contributed by atoms with Gasteiger partial charge in [0.25, 0.3) is 0 Å². The molecule has 5 nitrogen and oxygen atoms in total. The number of aromatic nitrogens is 2. The Bertz CT molecular complexity index is 1280. The van der Waals surface area contributed by atoms with E-state index in [0.29, 0.717) is 22.7 Å². The Labute approximate surface area is 201 Å². The number of rotatable bonds is 6. The summed E-state index contributed by atoms with van der Waals surface area (Å²) in [4.78, 5) is 9.97. The minimum absolute atomic E-state index is 0.330. The third-order valence-electron chi connectivity index (χ3n) is 5.62. The smallest absolute Gasteiger partial charge is 0.223 e. The summed E-state index contributed by atoms with van der Waals surface area (Å²) in [6.07, 6.45) is 4.08. The first-order chi connectivity index (χ1) is 16.2. The minimum atomic E-state index is -0.330. The van der Waals surface area contributed by atoms with Crippen LogP contribution in [-0.4, -0.2) is 29.1 Å². The van der Waals surface area contributed by atoms with Gasteiger partial charge in [0.1, 0.15) is 5.82 Å². The summed E-state index contributed by atoms with van der Waals surface area (Å²) in [5.41, 5.74) is 2.96. The summed E-state index contributed by atoms with van der Waals surface area (Å²) in [6, 6.07) is 18.9. The summed E-state index contributed by atoms with van der Waals surface area (Å²) in [5, 5.41) is 8.33. The van der Waals surface area contributed by atoms with Crippen molar-refractivity contribution in [3.63, 3.8) is 0 Å². The Hall–Kier alpha value is -2.87. The molecule has 1 aliphatic rings. The normalized spacial score (nSPS) is 16.0. The standard InChI is InChI=1S/C25H23ClFN5S/c26-20-5-1-2-6-24(20)33-32-23-10-8-17(13-21(23)27)16-7-9-22-18(12-16)14-29-25(31-22)30-19-4-3-11-28-15-19/h1-2,5-10,12-14,19,28,32H,3-4,11,15H2,(H,29,30,31). The average Bonchev–Trinajstić information content (AvgIpc) is 2.84. The maximum Gasteiger partial charge on any atom is 0.223 e. The SMILES string of the molecule is Fc1cc(-c2ccc3nc(NC4CCCNC4)ncc3c2)ccc1NSc1ccccc1Cl. The number of anilines is 2. The van der Waals surface area contributed by atoms with Crippen LogP contribution in [0.4, 0.5) is 16.0 Å². The van der Waals surface area contributed by atoms with Gasteiger partial charge < -0.3 is 15.4 Å². The topological polar surface area (TPSA) is 61.9 Å². The number of fused-ring (bicyclic) bond motifs is 1. The zero-order valence-corrected chi connectivity index (χ0v) is 19.4. The lowest BCUT2D eigenvalue weighted by Crippen LogP contribution is -2.38. The molecule has 33 heavy (non-hydrogen) atoms. The van der Waals surface area contributed by atoms with Crippen LogP contribution in [0.15, 0.2) is 71.8 Å². The van der Waals surface area contributed by atoms with E-state index in [4.69, 9.17) is 11.6 Å². The molecule has 4 aromatic rings. The third-order valence-corrected chi connectivity index (χ3v) is 6.96. The zero-order chi connectivity index (χ0) is 22.6. The quantitative estimate of drug-likeness (QED) is 0.279. The molecular weight excluding hydrogens is 457 g/mol. The molecule has 1 aromatic heterocycles. The first-order valence-corrected chi connectivity index (χ1v) is 12.1. The van der Waals surface area contributed by atoms with Gasteiger partial charge in [-0.15, -0.1) is 0 Å². The predicted octanol–water partition coefficient (Wildman–Crippen LogP) is 6.37. The van der Waals surface area contributed by atoms with E-state index in [1.54, 1.807) is 12.1 Å². The zero-order valence-electron chi connectivity index (χ0n) is 17.8. The molecule has 3 aromatic carbocycles. The lowest BCUT2D eigenvalue weighted by molar-refractivity contribution is 0.478. The van der Waals surface area contributed by atoms with E-state index in [0.717, 1.165) is 52.9 Å². The summed E-state index contributed by atoms with van der Waals surface area (Å²) in [5.74, 6) is 0.311. The van der Waals surface area contributed by atoms with E-state index >= 15 is 0 Å². The highest BCUT2D eigenvalue weighted by molar-refractivity contribution is 8.00. The molecule has 0 radical (unpaired) electrons. The Morgan fingerprint density at radius 3 is 2.73 bits per heavy atom. The molecule has 0 aliphatic carbocycles. The summed E-state index contributed by atoms with van der Waals surface area (Å²) in [7, 11) is 0. The summed E-state index contributed by atoms with van der Waals surface area (Å²) >= 11 is 7.45. The van der Waals surface area contributed by atoms with Crippen LogP contribution in [0.3, 0.4) is 0 Å². The fraction of sp³-hybridized carbons (Fsp3) is 0.200. The van der Waals surface area contributed by atoms with Crippen LogP contribution in [-0.2, 0) is 0 Å². The van der Waals surface area contributed by atoms with Crippen molar-refractivity contribution in [1.29, 1.82) is 0 Å². The van der Waals surface area contributed by atoms with Gasteiger partial charge in [-0.2, -0.15) is 0 Å². The molecule has 5 rings (SSSR count). The molecule has 1 fully saturated rings. The molecule has 0 amide bonds. The molecular formula is C25H23ClFN5S. The van der Waals surface area contributed by atoms with Gasteiger partial charge in [0, 0.05) is 29.1 Å². The highest BCUT2D eigenvalue weighted by atomic mass is 35.5. The highest BCUT2D eigenvalue weighted by Gasteiger charge is 2.14. The van der Waals surface area contributed by atoms with Crippen LogP contribution in [0.25, 0.3) is 22.0 Å². The van der Waals surface area contributed by atoms with Crippen molar-refractivity contribution in [1.82, 2.24) is 15.3 Å². The number of benzene rings is 3. The Morgan fingerprint density at radius 2 is 1.91 bits per heavy atom. The maximum atomic E-state index is 14.8. The first kappa shape index (κ1) is 21.9. The molecule has 0 saturated carbocycles. The maximum absolute atomic E-state index is 14.8. The van der Waals surface area contributed by atoms with Crippen LogP contribution >= 0.6 is 23.5 Å². The van der Waals surface area contributed by atoms with Crippen LogP contribution in [0.1, 0.15) is 12.8 Å². The molecule has 0 bridgehead atoms. The predicted molar refractivity (Wildman–Crippen MR) is 135 cm³/mol. The molecule has 8 heteroatoms. The van der Waals surface area contributed by atoms with E-state index in [2.05, 4.69) is 25.3 Å². The first-order valence-electron chi connectivity index (χ1n) is 10.9. The highest BCUT2D eigenvalue weighted by Crippen LogP contribution is 2.31. The number of hydrogen-bond donors (Lipinski definition) is 3. The van der Waals surface area contributed by atoms with Crippen LogP contribution < -0.4 is 15.4 Å². The Kier molecular flexibility index (Phi) is 6.62. The molecule has 168 valence electrons. The third kappa shape index (κ3) is 5.21. The van der Waals surface area contributed by atoms with Crippen molar-refractivity contribution in [2.24, 2.45) is 0 Å². The number of piperidine rings is 1. The molecule has 0 spiro atoms. The molecule has 1 saturated heterocycles. The number of nitrogens with zero attached hydrogens (tertiary/aromatic N) is 2. The van der Waals surface area contributed by atoms with Crippen LogP contribution in [0.5, 0.6) is 0 Å². The van der Waals surface area contributed by atoms with E-state index in [-0.39, 0.29) is 5.82 Å².